The van der Waals surface area contributed by atoms with Gasteiger partial charge >= 0.3 is 0 Å². The molecule has 1 N–H and O–H groups in total. The number of sulfonamides is 1. The zero-order chi connectivity index (χ0) is 19.4. The number of amides is 1. The fraction of sp³-hybridized carbons (Fsp3) is 0.350. The number of carbonyl (C=O) groups is 1. The van der Waals surface area contributed by atoms with Crippen LogP contribution in [0.4, 0.5) is 5.69 Å². The Balaban J connectivity index is 1.66. The largest absolute Gasteiger partial charge is 0.326 e. The normalized spacial score (nSPS) is 18.2. The summed E-state index contributed by atoms with van der Waals surface area (Å²) in [4.78, 5) is 12.6. The van der Waals surface area contributed by atoms with Crippen LogP contribution in [0.5, 0.6) is 0 Å². The van der Waals surface area contributed by atoms with Crippen molar-refractivity contribution in [1.29, 1.82) is 0 Å². The molecule has 5 nitrogen and oxygen atoms in total. The first-order valence-corrected chi connectivity index (χ1v) is 11.6. The highest BCUT2D eigenvalue weighted by atomic mass is 127. The quantitative estimate of drug-likeness (QED) is 0.639. The van der Waals surface area contributed by atoms with Gasteiger partial charge in [-0.05, 0) is 77.7 Å². The van der Waals surface area contributed by atoms with Gasteiger partial charge < -0.3 is 5.32 Å². The van der Waals surface area contributed by atoms with E-state index in [-0.39, 0.29) is 24.1 Å². The van der Waals surface area contributed by atoms with Gasteiger partial charge in [0.25, 0.3) is 0 Å². The molecule has 3 rings (SSSR count). The number of anilines is 1. The molecule has 1 amide bonds. The molecule has 1 fully saturated rings. The third-order valence-corrected chi connectivity index (χ3v) is 7.37. The number of benzene rings is 2. The average Bonchev–Trinajstić information content (AvgIpc) is 2.65. The minimum absolute atomic E-state index is 0.0227. The van der Waals surface area contributed by atoms with Crippen molar-refractivity contribution in [2.24, 2.45) is 5.92 Å². The van der Waals surface area contributed by atoms with Gasteiger partial charge in [-0.3, -0.25) is 4.79 Å². The van der Waals surface area contributed by atoms with E-state index in [1.54, 1.807) is 0 Å². The first kappa shape index (κ1) is 20.3. The van der Waals surface area contributed by atoms with E-state index < -0.39 is 10.0 Å². The van der Waals surface area contributed by atoms with Crippen molar-refractivity contribution in [2.45, 2.75) is 25.5 Å². The van der Waals surface area contributed by atoms with Gasteiger partial charge in [-0.15, -0.1) is 0 Å². The minimum Gasteiger partial charge on any atom is -0.326 e. The van der Waals surface area contributed by atoms with E-state index in [0.29, 0.717) is 19.4 Å². The monoisotopic (exact) mass is 498 g/mol. The molecule has 7 heteroatoms. The van der Waals surface area contributed by atoms with Crippen molar-refractivity contribution >= 4 is 44.2 Å². The summed E-state index contributed by atoms with van der Waals surface area (Å²) in [6.07, 6.45) is 1.39. The first-order valence-electron chi connectivity index (χ1n) is 8.94. The maximum Gasteiger partial charge on any atom is 0.228 e. The molecular weight excluding hydrogens is 475 g/mol. The summed E-state index contributed by atoms with van der Waals surface area (Å²) in [7, 11) is -3.45. The summed E-state index contributed by atoms with van der Waals surface area (Å²) in [6, 6.07) is 15.1. The van der Waals surface area contributed by atoms with Crippen LogP contribution in [0.3, 0.4) is 0 Å². The topological polar surface area (TPSA) is 66.5 Å². The van der Waals surface area contributed by atoms with Crippen molar-refractivity contribution < 1.29 is 13.2 Å². The molecule has 0 aliphatic carbocycles. The van der Waals surface area contributed by atoms with Gasteiger partial charge in [0.1, 0.15) is 0 Å². The zero-order valence-corrected chi connectivity index (χ0v) is 18.2. The number of rotatable bonds is 5. The van der Waals surface area contributed by atoms with Crippen molar-refractivity contribution in [3.05, 3.63) is 63.2 Å². The second-order valence-electron chi connectivity index (χ2n) is 6.88. The van der Waals surface area contributed by atoms with Crippen LogP contribution in [0.25, 0.3) is 0 Å². The molecular formula is C20H23IN2O3S. The molecule has 1 aliphatic heterocycles. The smallest absolute Gasteiger partial charge is 0.228 e. The van der Waals surface area contributed by atoms with Crippen LogP contribution in [0.1, 0.15) is 24.0 Å². The summed E-state index contributed by atoms with van der Waals surface area (Å²) < 4.78 is 28.3. The van der Waals surface area contributed by atoms with Crippen LogP contribution in [-0.4, -0.2) is 31.7 Å². The molecule has 2 aromatic carbocycles. The predicted molar refractivity (Wildman–Crippen MR) is 116 cm³/mol. The molecule has 1 heterocycles. The Labute approximate surface area is 174 Å². The second-order valence-corrected chi connectivity index (χ2v) is 10.1. The van der Waals surface area contributed by atoms with Gasteiger partial charge in [-0.2, -0.15) is 0 Å². The van der Waals surface area contributed by atoms with Crippen molar-refractivity contribution in [3.8, 4) is 0 Å². The Hall–Kier alpha value is -1.45. The maximum atomic E-state index is 12.9. The maximum absolute atomic E-state index is 12.9. The number of nitrogens with zero attached hydrogens (tertiary/aromatic N) is 1. The van der Waals surface area contributed by atoms with E-state index in [2.05, 4.69) is 27.9 Å². The molecule has 1 aliphatic rings. The lowest BCUT2D eigenvalue weighted by Gasteiger charge is -2.31. The Morgan fingerprint density at radius 2 is 1.89 bits per heavy atom. The Bertz CT molecular complexity index is 913. The highest BCUT2D eigenvalue weighted by molar-refractivity contribution is 14.1. The number of nitrogens with one attached hydrogen (secondary N) is 1. The second kappa shape index (κ2) is 8.70. The Morgan fingerprint density at radius 1 is 1.19 bits per heavy atom. The van der Waals surface area contributed by atoms with E-state index in [1.165, 1.54) is 4.31 Å². The molecule has 0 saturated carbocycles. The number of carbonyl (C=O) groups excluding carboxylic acids is 1. The van der Waals surface area contributed by atoms with E-state index in [1.807, 2.05) is 55.5 Å². The fourth-order valence-corrected chi connectivity index (χ4v) is 5.32. The molecule has 0 spiro atoms. The molecule has 2 aromatic rings. The van der Waals surface area contributed by atoms with Gasteiger partial charge in [0.2, 0.25) is 15.9 Å². The van der Waals surface area contributed by atoms with E-state index in [9.17, 15) is 13.2 Å². The summed E-state index contributed by atoms with van der Waals surface area (Å²) in [5, 5.41) is 2.91. The Morgan fingerprint density at radius 3 is 2.59 bits per heavy atom. The van der Waals surface area contributed by atoms with E-state index >= 15 is 0 Å². The molecule has 144 valence electrons. The van der Waals surface area contributed by atoms with Crippen molar-refractivity contribution in [1.82, 2.24) is 4.31 Å². The number of hydrogen-bond acceptors (Lipinski definition) is 3. The third-order valence-electron chi connectivity index (χ3n) is 4.86. The SMILES string of the molecule is Cc1ccccc1CS(=O)(=O)N1CCC[C@@H](C(=O)Nc2ccc(I)cc2)C1. The number of aryl methyl sites for hydroxylation is 1. The lowest BCUT2D eigenvalue weighted by Crippen LogP contribution is -2.44. The standard InChI is InChI=1S/C20H23IN2O3S/c1-15-5-2-3-6-17(15)14-27(25,26)23-12-4-7-16(13-23)20(24)22-19-10-8-18(21)9-11-19/h2-3,5-6,8-11,16H,4,7,12-14H2,1H3,(H,22,24)/t16-/m1/s1. The molecule has 0 aromatic heterocycles. The molecule has 0 bridgehead atoms. The van der Waals surface area contributed by atoms with Crippen LogP contribution in [0.15, 0.2) is 48.5 Å². The molecule has 27 heavy (non-hydrogen) atoms. The van der Waals surface area contributed by atoms with Crippen LogP contribution in [-0.2, 0) is 20.6 Å². The van der Waals surface area contributed by atoms with Crippen LogP contribution < -0.4 is 5.32 Å². The van der Waals surface area contributed by atoms with Gasteiger partial charge in [0, 0.05) is 22.3 Å². The van der Waals surface area contributed by atoms with Gasteiger partial charge in [0.15, 0.2) is 0 Å². The third kappa shape index (κ3) is 5.30. The zero-order valence-electron chi connectivity index (χ0n) is 15.2. The van der Waals surface area contributed by atoms with E-state index in [0.717, 1.165) is 20.4 Å². The lowest BCUT2D eigenvalue weighted by atomic mass is 9.99. The average molecular weight is 498 g/mol. The van der Waals surface area contributed by atoms with Crippen LogP contribution in [0, 0.1) is 16.4 Å². The molecule has 0 unspecified atom stereocenters. The lowest BCUT2D eigenvalue weighted by molar-refractivity contribution is -0.120. The first-order chi connectivity index (χ1) is 12.8. The van der Waals surface area contributed by atoms with E-state index in [4.69, 9.17) is 0 Å². The van der Waals surface area contributed by atoms with Crippen molar-refractivity contribution in [2.75, 3.05) is 18.4 Å². The van der Waals surface area contributed by atoms with Crippen LogP contribution >= 0.6 is 22.6 Å². The molecule has 1 atom stereocenters. The van der Waals surface area contributed by atoms with Gasteiger partial charge in [-0.25, -0.2) is 12.7 Å². The number of halogens is 1. The highest BCUT2D eigenvalue weighted by Gasteiger charge is 2.32. The predicted octanol–water partition coefficient (Wildman–Crippen LogP) is 3.78. The highest BCUT2D eigenvalue weighted by Crippen LogP contribution is 2.24. The van der Waals surface area contributed by atoms with Gasteiger partial charge in [0.05, 0.1) is 11.7 Å². The number of hydrogen-bond donors (Lipinski definition) is 1. The molecule has 0 radical (unpaired) electrons. The van der Waals surface area contributed by atoms with Crippen molar-refractivity contribution in [3.63, 3.8) is 0 Å². The van der Waals surface area contributed by atoms with Crippen LogP contribution in [0.2, 0.25) is 0 Å². The summed E-state index contributed by atoms with van der Waals surface area (Å²) >= 11 is 2.21. The number of piperidine rings is 1. The minimum atomic E-state index is -3.45. The molecule has 1 saturated heterocycles. The summed E-state index contributed by atoms with van der Waals surface area (Å²) in [5.74, 6) is -0.470. The van der Waals surface area contributed by atoms with Gasteiger partial charge in [-0.1, -0.05) is 24.3 Å². The summed E-state index contributed by atoms with van der Waals surface area (Å²) in [5.41, 5.74) is 2.51. The fourth-order valence-electron chi connectivity index (χ4n) is 3.25. The Kier molecular flexibility index (Phi) is 6.54. The summed E-state index contributed by atoms with van der Waals surface area (Å²) in [6.45, 7) is 2.63.